The highest BCUT2D eigenvalue weighted by atomic mass is 32.2. The highest BCUT2D eigenvalue weighted by molar-refractivity contribution is 7.91. The van der Waals surface area contributed by atoms with E-state index < -0.39 is 57.4 Å². The maximum Gasteiger partial charge on any atom is 0.325 e. The van der Waals surface area contributed by atoms with E-state index >= 15 is 0 Å². The standard InChI is InChI=1S/C23H23F2N3O5S/c1-23(18-11-16(24)7-8-19(18)25)21(30)28(22(31)26-23)13-20(29)27(12-15-5-3-2-4-6-15)17-9-10-34(32,33)14-17/h2-8,11,17H,9-10,12-14H2,1H3,(H,26,31)/t17-,23+/m0/s1. The molecule has 0 bridgehead atoms. The van der Waals surface area contributed by atoms with Crippen molar-refractivity contribution in [3.63, 3.8) is 0 Å². The zero-order valence-corrected chi connectivity index (χ0v) is 19.1. The van der Waals surface area contributed by atoms with Crippen molar-refractivity contribution in [1.82, 2.24) is 15.1 Å². The number of nitrogens with one attached hydrogen (secondary N) is 1. The van der Waals surface area contributed by atoms with Gasteiger partial charge in [-0.25, -0.2) is 22.0 Å². The maximum absolute atomic E-state index is 14.4. The van der Waals surface area contributed by atoms with Gasteiger partial charge in [0.15, 0.2) is 9.84 Å². The number of sulfone groups is 1. The van der Waals surface area contributed by atoms with Gasteiger partial charge in [0.25, 0.3) is 5.91 Å². The molecule has 2 fully saturated rings. The highest BCUT2D eigenvalue weighted by Crippen LogP contribution is 2.31. The zero-order chi connectivity index (χ0) is 24.7. The Kier molecular flexibility index (Phi) is 6.15. The molecule has 2 aliphatic rings. The summed E-state index contributed by atoms with van der Waals surface area (Å²) in [5, 5.41) is 2.36. The Morgan fingerprint density at radius 2 is 1.88 bits per heavy atom. The predicted octanol–water partition coefficient (Wildman–Crippen LogP) is 1.95. The lowest BCUT2D eigenvalue weighted by Crippen LogP contribution is -2.48. The molecule has 1 N–H and O–H groups in total. The first kappa shape index (κ1) is 23.8. The molecule has 2 aliphatic heterocycles. The third kappa shape index (κ3) is 4.52. The van der Waals surface area contributed by atoms with Crippen LogP contribution in [0.4, 0.5) is 13.6 Å². The van der Waals surface area contributed by atoms with Gasteiger partial charge in [0, 0.05) is 18.2 Å². The number of halogens is 2. The van der Waals surface area contributed by atoms with Gasteiger partial charge in [0.1, 0.15) is 23.7 Å². The summed E-state index contributed by atoms with van der Waals surface area (Å²) in [5.74, 6) is -3.47. The van der Waals surface area contributed by atoms with Crippen LogP contribution in [0.5, 0.6) is 0 Å². The van der Waals surface area contributed by atoms with Crippen molar-refractivity contribution in [1.29, 1.82) is 0 Å². The lowest BCUT2D eigenvalue weighted by molar-refractivity contribution is -0.140. The summed E-state index contributed by atoms with van der Waals surface area (Å²) < 4.78 is 52.2. The molecule has 0 aromatic heterocycles. The number of hydrogen-bond donors (Lipinski definition) is 1. The van der Waals surface area contributed by atoms with E-state index in [1.54, 1.807) is 30.3 Å². The van der Waals surface area contributed by atoms with Crippen molar-refractivity contribution < 1.29 is 31.6 Å². The summed E-state index contributed by atoms with van der Waals surface area (Å²) in [6, 6.07) is 9.95. The van der Waals surface area contributed by atoms with Gasteiger partial charge in [-0.2, -0.15) is 0 Å². The lowest BCUT2D eigenvalue weighted by atomic mass is 9.91. The van der Waals surface area contributed by atoms with Crippen LogP contribution in [0, 0.1) is 11.6 Å². The number of hydrogen-bond acceptors (Lipinski definition) is 5. The quantitative estimate of drug-likeness (QED) is 0.622. The molecule has 34 heavy (non-hydrogen) atoms. The molecule has 11 heteroatoms. The minimum atomic E-state index is -3.31. The van der Waals surface area contributed by atoms with Crippen LogP contribution < -0.4 is 5.32 Å². The molecule has 0 unspecified atom stereocenters. The molecule has 2 heterocycles. The molecule has 2 aromatic carbocycles. The SMILES string of the molecule is C[C@]1(c2cc(F)ccc2F)NC(=O)N(CC(=O)N(Cc2ccccc2)[C@H]2CCS(=O)(=O)C2)C1=O. The number of carbonyl (C=O) groups is 3. The molecule has 4 rings (SSSR count). The van der Waals surface area contributed by atoms with Gasteiger partial charge >= 0.3 is 6.03 Å². The monoisotopic (exact) mass is 491 g/mol. The van der Waals surface area contributed by atoms with E-state index in [1.807, 2.05) is 0 Å². The van der Waals surface area contributed by atoms with E-state index in [4.69, 9.17) is 0 Å². The lowest BCUT2D eigenvalue weighted by Gasteiger charge is -2.30. The van der Waals surface area contributed by atoms with Gasteiger partial charge < -0.3 is 10.2 Å². The van der Waals surface area contributed by atoms with Crippen LogP contribution in [0.3, 0.4) is 0 Å². The first-order chi connectivity index (χ1) is 16.0. The van der Waals surface area contributed by atoms with Gasteiger partial charge in [-0.3, -0.25) is 14.5 Å². The third-order valence-electron chi connectivity index (χ3n) is 6.20. The summed E-state index contributed by atoms with van der Waals surface area (Å²) in [6.45, 7) is 0.667. The molecule has 2 atom stereocenters. The fourth-order valence-electron chi connectivity index (χ4n) is 4.35. The number of amides is 4. The molecule has 0 spiro atoms. The summed E-state index contributed by atoms with van der Waals surface area (Å²) in [6.07, 6.45) is 0.243. The minimum absolute atomic E-state index is 0.0592. The van der Waals surface area contributed by atoms with Crippen molar-refractivity contribution >= 4 is 27.7 Å². The molecular formula is C23H23F2N3O5S. The number of rotatable bonds is 6. The van der Waals surface area contributed by atoms with Crippen LogP contribution in [0.1, 0.15) is 24.5 Å². The van der Waals surface area contributed by atoms with Gasteiger partial charge in [0.2, 0.25) is 5.91 Å². The van der Waals surface area contributed by atoms with Crippen LogP contribution >= 0.6 is 0 Å². The first-order valence-electron chi connectivity index (χ1n) is 10.6. The van der Waals surface area contributed by atoms with E-state index in [1.165, 1.54) is 11.8 Å². The fraction of sp³-hybridized carbons (Fsp3) is 0.348. The number of nitrogens with zero attached hydrogens (tertiary/aromatic N) is 2. The molecule has 0 saturated carbocycles. The Balaban J connectivity index is 1.59. The van der Waals surface area contributed by atoms with E-state index in [-0.39, 0.29) is 30.0 Å². The summed E-state index contributed by atoms with van der Waals surface area (Å²) >= 11 is 0. The summed E-state index contributed by atoms with van der Waals surface area (Å²) in [5.41, 5.74) is -1.50. The van der Waals surface area contributed by atoms with E-state index in [2.05, 4.69) is 5.32 Å². The Labute approximate surface area is 195 Å². The smallest absolute Gasteiger partial charge is 0.325 e. The van der Waals surface area contributed by atoms with Gasteiger partial charge in [-0.05, 0) is 37.1 Å². The van der Waals surface area contributed by atoms with Gasteiger partial charge in [-0.1, -0.05) is 30.3 Å². The topological polar surface area (TPSA) is 104 Å². The average Bonchev–Trinajstić information content (AvgIpc) is 3.25. The Morgan fingerprint density at radius 1 is 1.18 bits per heavy atom. The molecule has 4 amide bonds. The van der Waals surface area contributed by atoms with Crippen molar-refractivity contribution in [2.75, 3.05) is 18.1 Å². The maximum atomic E-state index is 14.4. The second-order valence-electron chi connectivity index (χ2n) is 8.63. The summed E-state index contributed by atoms with van der Waals surface area (Å²) in [7, 11) is -3.31. The molecule has 180 valence electrons. The van der Waals surface area contributed by atoms with Crippen molar-refractivity contribution in [2.45, 2.75) is 31.5 Å². The molecule has 0 aliphatic carbocycles. The largest absolute Gasteiger partial charge is 0.333 e. The van der Waals surface area contributed by atoms with Crippen molar-refractivity contribution in [3.8, 4) is 0 Å². The van der Waals surface area contributed by atoms with Crippen molar-refractivity contribution in [2.24, 2.45) is 0 Å². The summed E-state index contributed by atoms with van der Waals surface area (Å²) in [4.78, 5) is 41.0. The van der Waals surface area contributed by atoms with E-state index in [9.17, 15) is 31.6 Å². The first-order valence-corrected chi connectivity index (χ1v) is 12.5. The van der Waals surface area contributed by atoms with Gasteiger partial charge in [-0.15, -0.1) is 0 Å². The number of carbonyl (C=O) groups excluding carboxylic acids is 3. The highest BCUT2D eigenvalue weighted by Gasteiger charge is 2.51. The minimum Gasteiger partial charge on any atom is -0.333 e. The average molecular weight is 492 g/mol. The molecule has 2 saturated heterocycles. The number of benzene rings is 2. The van der Waals surface area contributed by atoms with E-state index in [0.29, 0.717) is 4.90 Å². The number of urea groups is 1. The van der Waals surface area contributed by atoms with Crippen LogP contribution in [-0.2, 0) is 31.5 Å². The Bertz CT molecular complexity index is 1250. The predicted molar refractivity (Wildman–Crippen MR) is 118 cm³/mol. The third-order valence-corrected chi connectivity index (χ3v) is 7.95. The second kappa shape index (κ2) is 8.79. The van der Waals surface area contributed by atoms with Crippen LogP contribution in [0.15, 0.2) is 48.5 Å². The van der Waals surface area contributed by atoms with Crippen molar-refractivity contribution in [3.05, 3.63) is 71.3 Å². The molecular weight excluding hydrogens is 468 g/mol. The normalized spacial score (nSPS) is 23.7. The van der Waals surface area contributed by atoms with Gasteiger partial charge in [0.05, 0.1) is 11.5 Å². The molecule has 2 aromatic rings. The molecule has 8 nitrogen and oxygen atoms in total. The van der Waals surface area contributed by atoms with E-state index in [0.717, 1.165) is 23.8 Å². The Morgan fingerprint density at radius 3 is 2.53 bits per heavy atom. The number of imide groups is 1. The zero-order valence-electron chi connectivity index (χ0n) is 18.3. The second-order valence-corrected chi connectivity index (χ2v) is 10.9. The Hall–Kier alpha value is -3.34. The molecule has 0 radical (unpaired) electrons. The van der Waals surface area contributed by atoms with Crippen LogP contribution in [0.2, 0.25) is 0 Å². The fourth-order valence-corrected chi connectivity index (χ4v) is 6.08. The van der Waals surface area contributed by atoms with Crippen LogP contribution in [-0.4, -0.2) is 60.2 Å². The van der Waals surface area contributed by atoms with Crippen LogP contribution in [0.25, 0.3) is 0 Å².